The van der Waals surface area contributed by atoms with Crippen molar-refractivity contribution < 1.29 is 28.7 Å². The molecule has 0 aromatic heterocycles. The summed E-state index contributed by atoms with van der Waals surface area (Å²) < 4.78 is 4.96. The summed E-state index contributed by atoms with van der Waals surface area (Å²) in [5, 5.41) is 0. The number of nitrogens with one attached hydrogen (secondary N) is 2. The molecule has 2 N–H and O–H groups in total. The lowest BCUT2D eigenvalue weighted by Gasteiger charge is -2.23. The van der Waals surface area contributed by atoms with E-state index < -0.39 is 30.4 Å². The van der Waals surface area contributed by atoms with E-state index in [4.69, 9.17) is 4.74 Å². The Morgan fingerprint density at radius 2 is 1.63 bits per heavy atom. The van der Waals surface area contributed by atoms with Gasteiger partial charge < -0.3 is 4.74 Å². The van der Waals surface area contributed by atoms with Crippen LogP contribution in [0.2, 0.25) is 0 Å². The van der Waals surface area contributed by atoms with Gasteiger partial charge in [0.2, 0.25) is 11.8 Å². The van der Waals surface area contributed by atoms with Gasteiger partial charge in [-0.3, -0.25) is 34.9 Å². The minimum absolute atomic E-state index is 0.226. The molecule has 0 unspecified atom stereocenters. The molecule has 0 radical (unpaired) electrons. The topological polar surface area (TPSA) is 122 Å². The zero-order valence-electron chi connectivity index (χ0n) is 16.5. The fourth-order valence-electron chi connectivity index (χ4n) is 5.00. The molecule has 5 atom stereocenters. The number of hydrogen-bond acceptors (Lipinski definition) is 6. The van der Waals surface area contributed by atoms with Crippen molar-refractivity contribution in [3.63, 3.8) is 0 Å². The van der Waals surface area contributed by atoms with Gasteiger partial charge in [-0.05, 0) is 50.2 Å². The molecule has 1 aromatic carbocycles. The molecule has 158 valence electrons. The van der Waals surface area contributed by atoms with Gasteiger partial charge in [-0.25, -0.2) is 4.79 Å². The SMILES string of the molecule is C[C@H](C(=O)OCC(=O)NNC(=O)c1ccccc1)N1C(=O)[C@@H]2[C@@H]3CC[C@@H](C3)[C@@H]2C1=O. The molecule has 30 heavy (non-hydrogen) atoms. The Morgan fingerprint density at radius 1 is 1.03 bits per heavy atom. The van der Waals surface area contributed by atoms with E-state index in [1.807, 2.05) is 0 Å². The number of benzene rings is 1. The Kier molecular flexibility index (Phi) is 5.27. The maximum absolute atomic E-state index is 12.8. The summed E-state index contributed by atoms with van der Waals surface area (Å²) in [6.45, 7) is 0.780. The number of hydrazine groups is 1. The van der Waals surface area contributed by atoms with Crippen molar-refractivity contribution in [3.8, 4) is 0 Å². The van der Waals surface area contributed by atoms with Crippen LogP contribution in [0, 0.1) is 23.7 Å². The number of imide groups is 1. The van der Waals surface area contributed by atoms with Crippen LogP contribution in [-0.2, 0) is 23.9 Å². The van der Waals surface area contributed by atoms with E-state index in [0.717, 1.165) is 24.2 Å². The first-order valence-corrected chi connectivity index (χ1v) is 10.1. The third-order valence-electron chi connectivity index (χ3n) is 6.39. The summed E-state index contributed by atoms with van der Waals surface area (Å²) in [7, 11) is 0. The summed E-state index contributed by atoms with van der Waals surface area (Å²) in [6, 6.07) is 7.18. The van der Waals surface area contributed by atoms with E-state index in [9.17, 15) is 24.0 Å². The predicted octanol–water partition coefficient (Wildman–Crippen LogP) is 0.410. The molecule has 1 aliphatic heterocycles. The molecule has 4 amide bonds. The maximum atomic E-state index is 12.8. The van der Waals surface area contributed by atoms with Crippen LogP contribution in [0.15, 0.2) is 30.3 Å². The van der Waals surface area contributed by atoms with Crippen molar-refractivity contribution in [2.45, 2.75) is 32.2 Å². The number of nitrogens with zero attached hydrogens (tertiary/aromatic N) is 1. The first-order valence-electron chi connectivity index (χ1n) is 10.1. The summed E-state index contributed by atoms with van der Waals surface area (Å²) in [6.07, 6.45) is 2.81. The summed E-state index contributed by atoms with van der Waals surface area (Å²) in [4.78, 5) is 62.6. The van der Waals surface area contributed by atoms with Gasteiger partial charge in [0.25, 0.3) is 11.8 Å². The van der Waals surface area contributed by atoms with E-state index >= 15 is 0 Å². The third-order valence-corrected chi connectivity index (χ3v) is 6.39. The molecule has 2 aliphatic carbocycles. The standard InChI is InChI=1S/C21H23N3O6/c1-11(24-19(27)16-13-7-8-14(9-13)17(16)20(24)28)21(29)30-10-15(25)22-23-18(26)12-5-3-2-4-6-12/h2-6,11,13-14,16-17H,7-10H2,1H3,(H,22,25)(H,23,26)/t11-,13-,14+,16-,17+/m1/s1. The first-order chi connectivity index (χ1) is 14.4. The van der Waals surface area contributed by atoms with Crippen molar-refractivity contribution in [1.29, 1.82) is 0 Å². The van der Waals surface area contributed by atoms with Gasteiger partial charge in [-0.15, -0.1) is 0 Å². The maximum Gasteiger partial charge on any atom is 0.329 e. The Morgan fingerprint density at radius 3 is 2.23 bits per heavy atom. The second-order valence-electron chi connectivity index (χ2n) is 8.08. The van der Waals surface area contributed by atoms with Crippen LogP contribution >= 0.6 is 0 Å². The number of ether oxygens (including phenoxy) is 1. The van der Waals surface area contributed by atoms with Crippen LogP contribution in [0.3, 0.4) is 0 Å². The second kappa shape index (κ2) is 7.89. The van der Waals surface area contributed by atoms with E-state index in [-0.39, 0.29) is 35.5 Å². The van der Waals surface area contributed by atoms with Crippen LogP contribution in [-0.4, -0.2) is 47.1 Å². The van der Waals surface area contributed by atoms with Crippen molar-refractivity contribution in [1.82, 2.24) is 15.8 Å². The number of likely N-dealkylation sites (tertiary alicyclic amines) is 1. The molecular formula is C21H23N3O6. The summed E-state index contributed by atoms with van der Waals surface area (Å²) in [5.41, 5.74) is 4.72. The largest absolute Gasteiger partial charge is 0.454 e. The van der Waals surface area contributed by atoms with Gasteiger partial charge in [0, 0.05) is 5.56 Å². The van der Waals surface area contributed by atoms with E-state index in [2.05, 4.69) is 10.9 Å². The minimum Gasteiger partial charge on any atom is -0.454 e. The summed E-state index contributed by atoms with van der Waals surface area (Å²) in [5.74, 6) is -2.89. The fraction of sp³-hybridized carbons (Fsp3) is 0.476. The Hall–Kier alpha value is -3.23. The molecule has 9 nitrogen and oxygen atoms in total. The van der Waals surface area contributed by atoms with E-state index in [0.29, 0.717) is 5.56 Å². The van der Waals surface area contributed by atoms with Crippen LogP contribution in [0.1, 0.15) is 36.5 Å². The zero-order valence-corrected chi connectivity index (χ0v) is 16.5. The number of rotatable bonds is 5. The van der Waals surface area contributed by atoms with Gasteiger partial charge in [0.05, 0.1) is 11.8 Å². The molecular weight excluding hydrogens is 390 g/mol. The van der Waals surface area contributed by atoms with Gasteiger partial charge in [0.1, 0.15) is 6.04 Å². The Labute approximate surface area is 173 Å². The van der Waals surface area contributed by atoms with Crippen molar-refractivity contribution in [3.05, 3.63) is 35.9 Å². The quantitative estimate of drug-likeness (QED) is 0.410. The molecule has 9 heteroatoms. The number of carbonyl (C=O) groups is 5. The molecule has 1 saturated heterocycles. The summed E-state index contributed by atoms with van der Waals surface area (Å²) >= 11 is 0. The van der Waals surface area contributed by atoms with Crippen LogP contribution in [0.5, 0.6) is 0 Å². The van der Waals surface area contributed by atoms with E-state index in [1.54, 1.807) is 30.3 Å². The van der Waals surface area contributed by atoms with Crippen molar-refractivity contribution in [2.75, 3.05) is 6.61 Å². The van der Waals surface area contributed by atoms with Gasteiger partial charge >= 0.3 is 5.97 Å². The van der Waals surface area contributed by atoms with Crippen LogP contribution in [0.25, 0.3) is 0 Å². The zero-order chi connectivity index (χ0) is 21.4. The smallest absolute Gasteiger partial charge is 0.329 e. The Balaban J connectivity index is 1.27. The molecule has 2 saturated carbocycles. The van der Waals surface area contributed by atoms with Crippen LogP contribution in [0.4, 0.5) is 0 Å². The molecule has 3 fully saturated rings. The number of hydrogen-bond donors (Lipinski definition) is 2. The second-order valence-corrected chi connectivity index (χ2v) is 8.08. The number of amides is 4. The van der Waals surface area contributed by atoms with Gasteiger partial charge in [-0.1, -0.05) is 18.2 Å². The monoisotopic (exact) mass is 413 g/mol. The van der Waals surface area contributed by atoms with E-state index in [1.165, 1.54) is 6.92 Å². The highest BCUT2D eigenvalue weighted by Crippen LogP contribution is 2.56. The highest BCUT2D eigenvalue weighted by Gasteiger charge is 2.62. The average molecular weight is 413 g/mol. The molecule has 3 aliphatic rings. The number of esters is 1. The van der Waals surface area contributed by atoms with Gasteiger partial charge in [0.15, 0.2) is 6.61 Å². The normalized spacial score (nSPS) is 27.6. The highest BCUT2D eigenvalue weighted by atomic mass is 16.5. The lowest BCUT2D eigenvalue weighted by atomic mass is 9.81. The third kappa shape index (κ3) is 3.44. The lowest BCUT2D eigenvalue weighted by Crippen LogP contribution is -2.47. The minimum atomic E-state index is -1.10. The Bertz CT molecular complexity index is 873. The fourth-order valence-corrected chi connectivity index (χ4v) is 5.00. The lowest BCUT2D eigenvalue weighted by molar-refractivity contribution is -0.160. The molecule has 4 rings (SSSR count). The van der Waals surface area contributed by atoms with Crippen molar-refractivity contribution >= 4 is 29.6 Å². The van der Waals surface area contributed by atoms with Crippen LogP contribution < -0.4 is 10.9 Å². The molecule has 2 bridgehead atoms. The highest BCUT2D eigenvalue weighted by molar-refractivity contribution is 6.08. The van der Waals surface area contributed by atoms with Gasteiger partial charge in [-0.2, -0.15) is 0 Å². The molecule has 0 spiro atoms. The first kappa shape index (κ1) is 20.1. The number of carbonyl (C=O) groups excluding carboxylic acids is 5. The molecule has 1 heterocycles. The average Bonchev–Trinajstić information content (AvgIpc) is 3.44. The number of fused-ring (bicyclic) bond motifs is 5. The van der Waals surface area contributed by atoms with Crippen molar-refractivity contribution in [2.24, 2.45) is 23.7 Å². The predicted molar refractivity (Wildman–Crippen MR) is 102 cm³/mol. The molecule has 1 aromatic rings.